The molecule has 0 aliphatic carbocycles. The van der Waals surface area contributed by atoms with Crippen LogP contribution in [0.4, 0.5) is 0 Å². The average Bonchev–Trinajstić information content (AvgIpc) is 2.72. The fraction of sp³-hybridized carbons (Fsp3) is 0.455. The Hall–Kier alpha value is -2.15. The van der Waals surface area contributed by atoms with E-state index >= 15 is 0 Å². The molecule has 0 amide bonds. The topological polar surface area (TPSA) is 61.8 Å². The minimum atomic E-state index is -0.165. The molecule has 0 radical (unpaired) electrons. The van der Waals surface area contributed by atoms with Crippen molar-refractivity contribution in [1.82, 2.24) is 20.5 Å². The molecule has 0 saturated carbocycles. The molecule has 2 aromatic rings. The summed E-state index contributed by atoms with van der Waals surface area (Å²) < 4.78 is 5.91. The van der Waals surface area contributed by atoms with Gasteiger partial charge in [-0.25, -0.2) is 0 Å². The minimum Gasteiger partial charge on any atom is -0.373 e. The molecule has 156 valence electrons. The van der Waals surface area contributed by atoms with E-state index in [-0.39, 0.29) is 11.6 Å². The smallest absolute Gasteiger partial charge is 0.191 e. The number of benzene rings is 1. The molecule has 7 heteroatoms. The summed E-state index contributed by atoms with van der Waals surface area (Å²) in [6.45, 7) is 8.10. The zero-order valence-electron chi connectivity index (χ0n) is 17.4. The maximum absolute atomic E-state index is 6.11. The monoisotopic (exact) mass is 415 g/mol. The van der Waals surface area contributed by atoms with Crippen LogP contribution in [0.1, 0.15) is 31.1 Å². The SMILES string of the molecule is CN=C(NCc1ccccn1)NCC(c1ccc(Cl)cc1)N1CCOC(C)(C)C1. The number of aliphatic imine (C=N–C) groups is 1. The van der Waals surface area contributed by atoms with Crippen molar-refractivity contribution in [3.8, 4) is 0 Å². The number of nitrogens with zero attached hydrogens (tertiary/aromatic N) is 3. The molecule has 1 fully saturated rings. The van der Waals surface area contributed by atoms with Gasteiger partial charge in [-0.15, -0.1) is 0 Å². The van der Waals surface area contributed by atoms with E-state index in [1.54, 1.807) is 13.2 Å². The zero-order valence-corrected chi connectivity index (χ0v) is 18.1. The number of hydrogen-bond donors (Lipinski definition) is 2. The minimum absolute atomic E-state index is 0.165. The van der Waals surface area contributed by atoms with Gasteiger partial charge in [-0.1, -0.05) is 29.8 Å². The first-order valence-electron chi connectivity index (χ1n) is 9.95. The number of morpholine rings is 1. The van der Waals surface area contributed by atoms with Crippen molar-refractivity contribution in [1.29, 1.82) is 0 Å². The van der Waals surface area contributed by atoms with Gasteiger partial charge in [0.25, 0.3) is 0 Å². The standard InChI is InChI=1S/C22H30ClN5O/c1-22(2)16-28(12-13-29-22)20(17-7-9-18(23)10-8-17)15-27-21(24-3)26-14-19-6-4-5-11-25-19/h4-11,20H,12-16H2,1-3H3,(H2,24,26,27). The van der Waals surface area contributed by atoms with E-state index in [9.17, 15) is 0 Å². The summed E-state index contributed by atoms with van der Waals surface area (Å²) in [6.07, 6.45) is 1.80. The second-order valence-electron chi connectivity index (χ2n) is 7.77. The van der Waals surface area contributed by atoms with Crippen molar-refractivity contribution < 1.29 is 4.74 Å². The molecule has 2 N–H and O–H groups in total. The van der Waals surface area contributed by atoms with E-state index in [0.717, 1.165) is 42.9 Å². The average molecular weight is 416 g/mol. The Morgan fingerprint density at radius 3 is 2.69 bits per heavy atom. The highest BCUT2D eigenvalue weighted by Crippen LogP contribution is 2.27. The van der Waals surface area contributed by atoms with Crippen molar-refractivity contribution in [2.75, 3.05) is 33.3 Å². The number of hydrogen-bond acceptors (Lipinski definition) is 4. The number of halogens is 1. The number of nitrogens with one attached hydrogen (secondary N) is 2. The fourth-order valence-electron chi connectivity index (χ4n) is 3.55. The molecule has 1 unspecified atom stereocenters. The van der Waals surface area contributed by atoms with Gasteiger partial charge in [-0.3, -0.25) is 14.9 Å². The van der Waals surface area contributed by atoms with Crippen molar-refractivity contribution in [3.63, 3.8) is 0 Å². The van der Waals surface area contributed by atoms with Crippen molar-refractivity contribution >= 4 is 17.6 Å². The summed E-state index contributed by atoms with van der Waals surface area (Å²) in [6, 6.07) is 14.2. The lowest BCUT2D eigenvalue weighted by Crippen LogP contribution is -2.52. The summed E-state index contributed by atoms with van der Waals surface area (Å²) in [5.74, 6) is 0.752. The number of aromatic nitrogens is 1. The second-order valence-corrected chi connectivity index (χ2v) is 8.21. The Morgan fingerprint density at radius 1 is 1.24 bits per heavy atom. The van der Waals surface area contributed by atoms with E-state index in [1.165, 1.54) is 5.56 Å². The van der Waals surface area contributed by atoms with Crippen molar-refractivity contribution in [2.24, 2.45) is 4.99 Å². The predicted molar refractivity (Wildman–Crippen MR) is 118 cm³/mol. The van der Waals surface area contributed by atoms with Crippen LogP contribution in [0.5, 0.6) is 0 Å². The van der Waals surface area contributed by atoms with Crippen LogP contribution in [-0.4, -0.2) is 54.7 Å². The molecule has 1 atom stereocenters. The molecule has 29 heavy (non-hydrogen) atoms. The highest BCUT2D eigenvalue weighted by atomic mass is 35.5. The third-order valence-electron chi connectivity index (χ3n) is 5.00. The fourth-order valence-corrected chi connectivity index (χ4v) is 3.68. The van der Waals surface area contributed by atoms with E-state index in [1.807, 2.05) is 30.3 Å². The molecule has 3 rings (SSSR count). The number of pyridine rings is 1. The van der Waals surface area contributed by atoms with E-state index < -0.39 is 0 Å². The van der Waals surface area contributed by atoms with Crippen LogP contribution in [0.3, 0.4) is 0 Å². The second kappa shape index (κ2) is 10.1. The van der Waals surface area contributed by atoms with Gasteiger partial charge < -0.3 is 15.4 Å². The first kappa shape index (κ1) is 21.6. The first-order chi connectivity index (χ1) is 14.0. The van der Waals surface area contributed by atoms with Gasteiger partial charge in [0.2, 0.25) is 0 Å². The third kappa shape index (κ3) is 6.42. The van der Waals surface area contributed by atoms with E-state index in [0.29, 0.717) is 6.54 Å². The maximum Gasteiger partial charge on any atom is 0.191 e. The lowest BCUT2D eigenvalue weighted by molar-refractivity contribution is -0.0971. The largest absolute Gasteiger partial charge is 0.373 e. The van der Waals surface area contributed by atoms with Crippen LogP contribution in [-0.2, 0) is 11.3 Å². The molecule has 1 aromatic heterocycles. The van der Waals surface area contributed by atoms with Crippen LogP contribution < -0.4 is 10.6 Å². The molecule has 1 aliphatic heterocycles. The van der Waals surface area contributed by atoms with Crippen LogP contribution in [0.2, 0.25) is 5.02 Å². The van der Waals surface area contributed by atoms with Gasteiger partial charge in [0.05, 0.1) is 30.5 Å². The maximum atomic E-state index is 6.11. The Morgan fingerprint density at radius 2 is 2.03 bits per heavy atom. The van der Waals surface area contributed by atoms with Crippen LogP contribution in [0, 0.1) is 0 Å². The van der Waals surface area contributed by atoms with Gasteiger partial charge in [0.1, 0.15) is 0 Å². The highest BCUT2D eigenvalue weighted by Gasteiger charge is 2.32. The third-order valence-corrected chi connectivity index (χ3v) is 5.25. The summed E-state index contributed by atoms with van der Waals surface area (Å²) in [5.41, 5.74) is 2.03. The summed E-state index contributed by atoms with van der Waals surface area (Å²) in [4.78, 5) is 11.2. The van der Waals surface area contributed by atoms with Crippen molar-refractivity contribution in [3.05, 3.63) is 64.9 Å². The van der Waals surface area contributed by atoms with Crippen LogP contribution in [0.25, 0.3) is 0 Å². The predicted octanol–water partition coefficient (Wildman–Crippen LogP) is 3.25. The van der Waals surface area contributed by atoms with E-state index in [4.69, 9.17) is 16.3 Å². The van der Waals surface area contributed by atoms with Gasteiger partial charge >= 0.3 is 0 Å². The molecule has 1 aliphatic rings. The van der Waals surface area contributed by atoms with Gasteiger partial charge in [-0.2, -0.15) is 0 Å². The molecule has 1 saturated heterocycles. The number of rotatable bonds is 6. The summed E-state index contributed by atoms with van der Waals surface area (Å²) >= 11 is 6.11. The molecule has 6 nitrogen and oxygen atoms in total. The highest BCUT2D eigenvalue weighted by molar-refractivity contribution is 6.30. The lowest BCUT2D eigenvalue weighted by Gasteiger charge is -2.42. The molecule has 2 heterocycles. The van der Waals surface area contributed by atoms with Gasteiger partial charge in [-0.05, 0) is 43.7 Å². The summed E-state index contributed by atoms with van der Waals surface area (Å²) in [7, 11) is 1.78. The zero-order chi connectivity index (χ0) is 20.7. The van der Waals surface area contributed by atoms with Crippen molar-refractivity contribution in [2.45, 2.75) is 32.0 Å². The Balaban J connectivity index is 1.68. The molecular weight excluding hydrogens is 386 g/mol. The van der Waals surface area contributed by atoms with Gasteiger partial charge in [0.15, 0.2) is 5.96 Å². The van der Waals surface area contributed by atoms with Crippen LogP contribution in [0.15, 0.2) is 53.7 Å². The van der Waals surface area contributed by atoms with E-state index in [2.05, 4.69) is 51.5 Å². The molecule has 0 bridgehead atoms. The normalized spacial score (nSPS) is 18.3. The Bertz CT molecular complexity index is 795. The lowest BCUT2D eigenvalue weighted by atomic mass is 10.0. The quantitative estimate of drug-likeness (QED) is 0.560. The number of ether oxygens (including phenoxy) is 1. The summed E-state index contributed by atoms with van der Waals surface area (Å²) in [5, 5.41) is 7.55. The molecule has 1 aromatic carbocycles. The molecule has 0 spiro atoms. The van der Waals surface area contributed by atoms with Crippen LogP contribution >= 0.6 is 11.6 Å². The van der Waals surface area contributed by atoms with Gasteiger partial charge in [0, 0.05) is 37.9 Å². The Labute approximate surface area is 178 Å². The molecular formula is C22H30ClN5O. The first-order valence-corrected chi connectivity index (χ1v) is 10.3. The number of guanidine groups is 1. The Kier molecular flexibility index (Phi) is 7.47.